The van der Waals surface area contributed by atoms with E-state index in [-0.39, 0.29) is 132 Å². The predicted molar refractivity (Wildman–Crippen MR) is 52.9 cm³/mol. The summed E-state index contributed by atoms with van der Waals surface area (Å²) >= 11 is 0. The van der Waals surface area contributed by atoms with Crippen LogP contribution in [0.4, 0.5) is 0 Å². The zero-order chi connectivity index (χ0) is 15.7. The molecule has 0 atom stereocenters. The topological polar surface area (TPSA) is 167 Å². The molecule has 0 aromatic heterocycles. The van der Waals surface area contributed by atoms with Crippen LogP contribution in [-0.4, -0.2) is 72.9 Å². The Morgan fingerprint density at radius 2 is 0.739 bits per heavy atom. The number of carbonyl (C=O) groups is 4. The van der Waals surface area contributed by atoms with Crippen molar-refractivity contribution >= 4 is 23.9 Å². The number of nitrogens with zero attached hydrogens (tertiary/aromatic N) is 2. The molecule has 0 heterocycles. The van der Waals surface area contributed by atoms with E-state index >= 15 is 0 Å². The number of carbonyl (C=O) groups excluding carboxylic acids is 4. The van der Waals surface area contributed by atoms with Gasteiger partial charge in [-0.15, -0.1) is 0 Å². The molecule has 122 valence electrons. The first kappa shape index (κ1) is 32.3. The Labute approximate surface area is 227 Å². The molecule has 0 saturated carbocycles. The van der Waals surface area contributed by atoms with Crippen molar-refractivity contribution < 1.29 is 159 Å². The second-order valence-electron chi connectivity index (χ2n) is 3.91. The molecule has 0 N–H and O–H groups in total. The third-order valence-electron chi connectivity index (χ3n) is 2.14. The second kappa shape index (κ2) is 18.4. The maximum absolute atomic E-state index is 10.4. The molecule has 0 saturated heterocycles. The van der Waals surface area contributed by atoms with Crippen LogP contribution < -0.4 is 123 Å². The average Bonchev–Trinajstić information content (AvgIpc) is 2.22. The average molecular weight is 425 g/mol. The summed E-state index contributed by atoms with van der Waals surface area (Å²) in [6, 6.07) is 0. The molecule has 0 bridgehead atoms. The molecule has 0 aliphatic rings. The van der Waals surface area contributed by atoms with Crippen LogP contribution in [0.2, 0.25) is 0 Å². The predicted octanol–water partition coefficient (Wildman–Crippen LogP) is -13.4. The SMILES string of the molecule is O=C([O-])CN(CCN(CC(=O)[O-])CC(=O)[O-])CC(=O)[O-].[K+].[K+].[Ni+2]. The molecule has 0 fully saturated rings. The van der Waals surface area contributed by atoms with Crippen LogP contribution in [0.1, 0.15) is 0 Å². The number of hydrogen-bond acceptors (Lipinski definition) is 10. The van der Waals surface area contributed by atoms with Crippen molar-refractivity contribution in [2.75, 3.05) is 39.3 Å². The van der Waals surface area contributed by atoms with E-state index in [1.165, 1.54) is 0 Å². The van der Waals surface area contributed by atoms with E-state index in [9.17, 15) is 39.6 Å². The van der Waals surface area contributed by atoms with Crippen LogP contribution in [0.3, 0.4) is 0 Å². The van der Waals surface area contributed by atoms with E-state index in [0.717, 1.165) is 9.80 Å². The molecule has 0 unspecified atom stereocenters. The van der Waals surface area contributed by atoms with Crippen molar-refractivity contribution in [1.82, 2.24) is 9.80 Å². The Balaban J connectivity index is -0.000000602. The fourth-order valence-corrected chi connectivity index (χ4v) is 1.44. The van der Waals surface area contributed by atoms with Crippen LogP contribution in [-0.2, 0) is 35.7 Å². The standard InChI is InChI=1S/C10H16N2O8.2K.Ni/c13-7(14)3-11(4-8(15)16)1-2-12(5-9(17)18)6-10(19)20;;;/h1-6H2,(H,13,14)(H,15,16)(H,17,18)(H,19,20);;;/q;2*+1;+2/p-4. The van der Waals surface area contributed by atoms with Crippen molar-refractivity contribution in [3.05, 3.63) is 0 Å². The minimum atomic E-state index is -1.53. The molecular formula is C10H12K2N2NiO8. The van der Waals surface area contributed by atoms with E-state index in [2.05, 4.69) is 0 Å². The van der Waals surface area contributed by atoms with E-state index in [1.54, 1.807) is 0 Å². The third kappa shape index (κ3) is 21.5. The first-order valence-electron chi connectivity index (χ1n) is 5.44. The van der Waals surface area contributed by atoms with Crippen molar-refractivity contribution in [1.29, 1.82) is 0 Å². The zero-order valence-electron chi connectivity index (χ0n) is 12.7. The van der Waals surface area contributed by atoms with Crippen molar-refractivity contribution in [2.45, 2.75) is 0 Å². The minimum Gasteiger partial charge on any atom is -0.549 e. The van der Waals surface area contributed by atoms with Gasteiger partial charge in [0.25, 0.3) is 0 Å². The summed E-state index contributed by atoms with van der Waals surface area (Å²) in [7, 11) is 0. The minimum absolute atomic E-state index is 0. The van der Waals surface area contributed by atoms with Gasteiger partial charge in [0.15, 0.2) is 0 Å². The summed E-state index contributed by atoms with van der Waals surface area (Å²) in [4.78, 5) is 43.4. The maximum Gasteiger partial charge on any atom is 2.00 e. The van der Waals surface area contributed by atoms with Gasteiger partial charge in [0, 0.05) is 39.3 Å². The second-order valence-corrected chi connectivity index (χ2v) is 3.91. The fourth-order valence-electron chi connectivity index (χ4n) is 1.44. The van der Waals surface area contributed by atoms with Gasteiger partial charge in [0.2, 0.25) is 0 Å². The number of aliphatic carboxylic acids is 4. The van der Waals surface area contributed by atoms with Crippen LogP contribution in [0.5, 0.6) is 0 Å². The molecule has 0 aliphatic carbocycles. The van der Waals surface area contributed by atoms with Crippen molar-refractivity contribution in [2.24, 2.45) is 0 Å². The van der Waals surface area contributed by atoms with Crippen LogP contribution in [0, 0.1) is 0 Å². The summed E-state index contributed by atoms with van der Waals surface area (Å²) in [6.45, 7) is -3.25. The van der Waals surface area contributed by atoms with Gasteiger partial charge in [0.1, 0.15) is 0 Å². The van der Waals surface area contributed by atoms with Gasteiger partial charge in [-0.05, 0) is 0 Å². The summed E-state index contributed by atoms with van der Waals surface area (Å²) < 4.78 is 0. The molecule has 0 rings (SSSR count). The largest absolute Gasteiger partial charge is 2.00 e. The molecular weight excluding hydrogens is 413 g/mol. The van der Waals surface area contributed by atoms with Gasteiger partial charge < -0.3 is 39.6 Å². The molecule has 0 amide bonds. The molecule has 0 aromatic carbocycles. The smallest absolute Gasteiger partial charge is 0.549 e. The van der Waals surface area contributed by atoms with Gasteiger partial charge in [-0.3, -0.25) is 9.80 Å². The fraction of sp³-hybridized carbons (Fsp3) is 0.600. The molecule has 0 spiro atoms. The Morgan fingerprint density at radius 3 is 0.870 bits per heavy atom. The number of carboxylic acids is 4. The summed E-state index contributed by atoms with van der Waals surface area (Å²) in [5.41, 5.74) is 0. The summed E-state index contributed by atoms with van der Waals surface area (Å²) in [5, 5.41) is 41.6. The number of rotatable bonds is 11. The Morgan fingerprint density at radius 1 is 0.565 bits per heavy atom. The Kier molecular flexibility index (Phi) is 25.7. The molecule has 0 aromatic rings. The van der Waals surface area contributed by atoms with Crippen LogP contribution in [0.25, 0.3) is 0 Å². The Bertz CT molecular complexity index is 331. The van der Waals surface area contributed by atoms with E-state index in [4.69, 9.17) is 0 Å². The quantitative estimate of drug-likeness (QED) is 0.290. The number of hydrogen-bond donors (Lipinski definition) is 0. The molecule has 0 aliphatic heterocycles. The van der Waals surface area contributed by atoms with Crippen molar-refractivity contribution in [3.8, 4) is 0 Å². The third-order valence-corrected chi connectivity index (χ3v) is 2.14. The van der Waals surface area contributed by atoms with Gasteiger partial charge >= 0.3 is 119 Å². The number of carboxylic acid groups (broad SMARTS) is 4. The van der Waals surface area contributed by atoms with Crippen molar-refractivity contribution in [3.63, 3.8) is 0 Å². The normalized spacial score (nSPS) is 9.30. The van der Waals surface area contributed by atoms with Crippen LogP contribution in [0.15, 0.2) is 0 Å². The van der Waals surface area contributed by atoms with Gasteiger partial charge in [-0.1, -0.05) is 0 Å². The van der Waals surface area contributed by atoms with Crippen LogP contribution >= 0.6 is 0 Å². The Hall–Kier alpha value is 1.57. The monoisotopic (exact) mass is 424 g/mol. The first-order valence-corrected chi connectivity index (χ1v) is 5.44. The zero-order valence-corrected chi connectivity index (χ0v) is 20.0. The van der Waals surface area contributed by atoms with Gasteiger partial charge in [0.05, 0.1) is 23.9 Å². The first-order chi connectivity index (χ1) is 9.20. The maximum atomic E-state index is 10.4. The molecule has 13 heteroatoms. The summed E-state index contributed by atoms with van der Waals surface area (Å²) in [5.74, 6) is -6.12. The molecule has 0 radical (unpaired) electrons. The summed E-state index contributed by atoms with van der Waals surface area (Å²) in [6.07, 6.45) is 0. The van der Waals surface area contributed by atoms with E-state index in [0.29, 0.717) is 0 Å². The van der Waals surface area contributed by atoms with Gasteiger partial charge in [-0.25, -0.2) is 0 Å². The molecule has 23 heavy (non-hydrogen) atoms. The molecule has 10 nitrogen and oxygen atoms in total. The van der Waals surface area contributed by atoms with E-state index < -0.39 is 50.1 Å². The van der Waals surface area contributed by atoms with Gasteiger partial charge in [-0.2, -0.15) is 0 Å². The van der Waals surface area contributed by atoms with E-state index in [1.807, 2.05) is 0 Å².